The number of piperazine rings is 1. The highest BCUT2D eigenvalue weighted by molar-refractivity contribution is 7.19. The SMILES string of the molecule is O=C(c1cccc(Cl)c1)N1CCN(Cc2cc(=O)n3nc(-c4ccc(F)cc4)sc3n2)CC1. The summed E-state index contributed by atoms with van der Waals surface area (Å²) < 4.78 is 14.5. The molecule has 2 aromatic carbocycles. The molecular weight excluding hydrogens is 465 g/mol. The van der Waals surface area contributed by atoms with E-state index in [1.807, 2.05) is 4.90 Å². The average Bonchev–Trinajstić information content (AvgIpc) is 3.24. The Bertz CT molecular complexity index is 1380. The van der Waals surface area contributed by atoms with Crippen LogP contribution in [-0.2, 0) is 6.54 Å². The maximum atomic E-state index is 13.2. The third kappa shape index (κ3) is 4.66. The van der Waals surface area contributed by atoms with Gasteiger partial charge in [0.2, 0.25) is 4.96 Å². The van der Waals surface area contributed by atoms with Crippen molar-refractivity contribution in [3.8, 4) is 10.6 Å². The van der Waals surface area contributed by atoms with E-state index in [1.54, 1.807) is 36.4 Å². The summed E-state index contributed by atoms with van der Waals surface area (Å²) in [5.41, 5.74) is 1.71. The Morgan fingerprint density at radius 2 is 1.82 bits per heavy atom. The van der Waals surface area contributed by atoms with Gasteiger partial charge in [0.15, 0.2) is 0 Å². The predicted octanol–water partition coefficient (Wildman–Crippen LogP) is 3.57. The molecule has 0 saturated carbocycles. The summed E-state index contributed by atoms with van der Waals surface area (Å²) in [5, 5.41) is 5.48. The van der Waals surface area contributed by atoms with Gasteiger partial charge in [-0.05, 0) is 42.5 Å². The van der Waals surface area contributed by atoms with Gasteiger partial charge >= 0.3 is 0 Å². The molecule has 1 fully saturated rings. The van der Waals surface area contributed by atoms with Gasteiger partial charge in [-0.25, -0.2) is 9.37 Å². The minimum atomic E-state index is -0.327. The molecule has 0 radical (unpaired) electrons. The molecule has 3 heterocycles. The zero-order chi connectivity index (χ0) is 22.9. The van der Waals surface area contributed by atoms with Gasteiger partial charge in [-0.3, -0.25) is 14.5 Å². The second-order valence-corrected chi connectivity index (χ2v) is 9.17. The monoisotopic (exact) mass is 483 g/mol. The summed E-state index contributed by atoms with van der Waals surface area (Å²) in [4.78, 5) is 34.4. The highest BCUT2D eigenvalue weighted by atomic mass is 35.5. The summed E-state index contributed by atoms with van der Waals surface area (Å²) in [6.45, 7) is 3.03. The van der Waals surface area contributed by atoms with Crippen LogP contribution in [0.5, 0.6) is 0 Å². The number of hydrogen-bond acceptors (Lipinski definition) is 6. The van der Waals surface area contributed by atoms with Crippen LogP contribution >= 0.6 is 22.9 Å². The van der Waals surface area contributed by atoms with Crippen LogP contribution in [0.1, 0.15) is 16.1 Å². The van der Waals surface area contributed by atoms with Crippen LogP contribution < -0.4 is 5.56 Å². The number of hydrogen-bond donors (Lipinski definition) is 0. The summed E-state index contributed by atoms with van der Waals surface area (Å²) >= 11 is 7.29. The van der Waals surface area contributed by atoms with Gasteiger partial charge in [-0.2, -0.15) is 9.61 Å². The molecule has 1 aliphatic heterocycles. The Hall–Kier alpha value is -3.14. The first-order chi connectivity index (χ1) is 16.0. The number of rotatable bonds is 4. The van der Waals surface area contributed by atoms with Gasteiger partial charge in [-0.1, -0.05) is 29.0 Å². The van der Waals surface area contributed by atoms with Crippen molar-refractivity contribution in [2.24, 2.45) is 0 Å². The van der Waals surface area contributed by atoms with Crippen LogP contribution in [-0.4, -0.2) is 56.5 Å². The van der Waals surface area contributed by atoms with E-state index in [0.717, 1.165) is 5.56 Å². The third-order valence-corrected chi connectivity index (χ3v) is 6.70. The van der Waals surface area contributed by atoms with Crippen molar-refractivity contribution in [1.29, 1.82) is 0 Å². The first kappa shape index (κ1) is 21.7. The van der Waals surface area contributed by atoms with Crippen molar-refractivity contribution in [3.63, 3.8) is 0 Å². The Kier molecular flexibility index (Phi) is 5.92. The van der Waals surface area contributed by atoms with Crippen molar-refractivity contribution < 1.29 is 9.18 Å². The lowest BCUT2D eigenvalue weighted by Crippen LogP contribution is -2.48. The van der Waals surface area contributed by atoms with Gasteiger partial charge in [0.05, 0.1) is 5.69 Å². The van der Waals surface area contributed by atoms with Gasteiger partial charge in [0.1, 0.15) is 10.8 Å². The smallest absolute Gasteiger partial charge is 0.275 e. The normalized spacial score (nSPS) is 14.7. The van der Waals surface area contributed by atoms with E-state index in [9.17, 15) is 14.0 Å². The van der Waals surface area contributed by atoms with Gasteiger partial charge < -0.3 is 4.90 Å². The van der Waals surface area contributed by atoms with Gasteiger partial charge in [0.25, 0.3) is 11.5 Å². The molecule has 0 spiro atoms. The van der Waals surface area contributed by atoms with E-state index < -0.39 is 0 Å². The van der Waals surface area contributed by atoms with E-state index in [1.165, 1.54) is 34.1 Å². The van der Waals surface area contributed by atoms with E-state index in [-0.39, 0.29) is 17.3 Å². The van der Waals surface area contributed by atoms with Crippen molar-refractivity contribution in [2.75, 3.05) is 26.2 Å². The molecule has 7 nitrogen and oxygen atoms in total. The Morgan fingerprint density at radius 3 is 2.55 bits per heavy atom. The molecular formula is C23H19ClFN5O2S. The van der Waals surface area contributed by atoms with Crippen LogP contribution in [0.2, 0.25) is 5.02 Å². The lowest BCUT2D eigenvalue weighted by molar-refractivity contribution is 0.0627. The number of benzene rings is 2. The van der Waals surface area contributed by atoms with Gasteiger partial charge in [-0.15, -0.1) is 0 Å². The molecule has 2 aromatic heterocycles. The molecule has 33 heavy (non-hydrogen) atoms. The van der Waals surface area contributed by atoms with E-state index >= 15 is 0 Å². The number of carbonyl (C=O) groups is 1. The van der Waals surface area contributed by atoms with Crippen LogP contribution in [0, 0.1) is 5.82 Å². The first-order valence-electron chi connectivity index (χ1n) is 10.4. The van der Waals surface area contributed by atoms with Crippen LogP contribution in [0.15, 0.2) is 59.4 Å². The number of amides is 1. The second kappa shape index (κ2) is 9.01. The summed E-state index contributed by atoms with van der Waals surface area (Å²) in [6, 6.07) is 14.4. The summed E-state index contributed by atoms with van der Waals surface area (Å²) in [6.07, 6.45) is 0. The number of halogens is 2. The molecule has 1 aliphatic rings. The largest absolute Gasteiger partial charge is 0.336 e. The maximum absolute atomic E-state index is 13.2. The summed E-state index contributed by atoms with van der Waals surface area (Å²) in [5.74, 6) is -0.361. The third-order valence-electron chi connectivity index (χ3n) is 5.51. The molecule has 168 valence electrons. The van der Waals surface area contributed by atoms with E-state index in [2.05, 4.69) is 15.0 Å². The molecule has 0 unspecified atom stereocenters. The first-order valence-corrected chi connectivity index (χ1v) is 11.6. The zero-order valence-electron chi connectivity index (χ0n) is 17.4. The Balaban J connectivity index is 1.27. The molecule has 0 aliphatic carbocycles. The fourth-order valence-corrected chi connectivity index (χ4v) is 4.91. The number of aromatic nitrogens is 3. The lowest BCUT2D eigenvalue weighted by Gasteiger charge is -2.34. The zero-order valence-corrected chi connectivity index (χ0v) is 19.0. The Labute approximate surface area is 197 Å². The molecule has 10 heteroatoms. The predicted molar refractivity (Wildman–Crippen MR) is 125 cm³/mol. The van der Waals surface area contributed by atoms with Crippen molar-refractivity contribution in [3.05, 3.63) is 87.0 Å². The standard InChI is InChI=1S/C23H19ClFN5O2S/c24-17-3-1-2-16(12-17)22(32)29-10-8-28(9-11-29)14-19-13-20(31)30-23(26-19)33-21(27-30)15-4-6-18(25)7-5-15/h1-7,12-13H,8-11,14H2. The Morgan fingerprint density at radius 1 is 1.06 bits per heavy atom. The van der Waals surface area contributed by atoms with Crippen molar-refractivity contribution in [1.82, 2.24) is 24.4 Å². The minimum absolute atomic E-state index is 0.0343. The summed E-state index contributed by atoms with van der Waals surface area (Å²) in [7, 11) is 0. The fraction of sp³-hybridized carbons (Fsp3) is 0.217. The highest BCUT2D eigenvalue weighted by Crippen LogP contribution is 2.24. The molecule has 5 rings (SSSR count). The number of fused-ring (bicyclic) bond motifs is 1. The number of carbonyl (C=O) groups excluding carboxylic acids is 1. The second-order valence-electron chi connectivity index (χ2n) is 7.77. The lowest BCUT2D eigenvalue weighted by atomic mass is 10.2. The molecule has 1 saturated heterocycles. The molecule has 0 atom stereocenters. The van der Waals surface area contributed by atoms with Crippen molar-refractivity contribution in [2.45, 2.75) is 6.54 Å². The molecule has 0 N–H and O–H groups in total. The molecule has 1 amide bonds. The fourth-order valence-electron chi connectivity index (χ4n) is 3.79. The minimum Gasteiger partial charge on any atom is -0.336 e. The van der Waals surface area contributed by atoms with Crippen LogP contribution in [0.3, 0.4) is 0 Å². The van der Waals surface area contributed by atoms with Crippen molar-refractivity contribution >= 4 is 33.8 Å². The van der Waals surface area contributed by atoms with Crippen LogP contribution in [0.25, 0.3) is 15.5 Å². The molecule has 0 bridgehead atoms. The maximum Gasteiger partial charge on any atom is 0.275 e. The highest BCUT2D eigenvalue weighted by Gasteiger charge is 2.23. The average molecular weight is 484 g/mol. The molecule has 4 aromatic rings. The van der Waals surface area contributed by atoms with Gasteiger partial charge in [0, 0.05) is 54.9 Å². The van der Waals surface area contributed by atoms with E-state index in [0.29, 0.717) is 59.0 Å². The van der Waals surface area contributed by atoms with E-state index in [4.69, 9.17) is 11.6 Å². The topological polar surface area (TPSA) is 70.8 Å². The quantitative estimate of drug-likeness (QED) is 0.444. The number of nitrogens with zero attached hydrogens (tertiary/aromatic N) is 5. The van der Waals surface area contributed by atoms with Crippen LogP contribution in [0.4, 0.5) is 4.39 Å².